The molecule has 186 valence electrons. The molecule has 0 aliphatic carbocycles. The number of aromatic nitrogens is 2. The molecule has 0 saturated carbocycles. The molecule has 6 nitrogen and oxygen atoms in total. The van der Waals surface area contributed by atoms with Gasteiger partial charge in [-0.05, 0) is 87.4 Å². The van der Waals surface area contributed by atoms with E-state index in [2.05, 4.69) is 0 Å². The summed E-state index contributed by atoms with van der Waals surface area (Å²) in [6.45, 7) is 8.18. The van der Waals surface area contributed by atoms with Crippen LogP contribution in [0.5, 0.6) is 0 Å². The Balaban J connectivity index is 1.71. The molecule has 0 bridgehead atoms. The fraction of sp³-hybridized carbons (Fsp3) is 0.194. The SMILES string of the molecule is Cc1ccc(C(=O)N(Cc2ccco2)C(C)c2nc3ccccc3c(=O)n2-c2ccc(C)c(C)c2)cc1. The first-order chi connectivity index (χ1) is 17.8. The minimum atomic E-state index is -0.544. The van der Waals surface area contributed by atoms with E-state index < -0.39 is 6.04 Å². The zero-order valence-electron chi connectivity index (χ0n) is 21.4. The van der Waals surface area contributed by atoms with Crippen LogP contribution in [0.2, 0.25) is 0 Å². The van der Waals surface area contributed by atoms with Gasteiger partial charge in [0.05, 0.1) is 35.4 Å². The van der Waals surface area contributed by atoms with Crippen molar-refractivity contribution in [1.82, 2.24) is 14.5 Å². The molecule has 1 atom stereocenters. The van der Waals surface area contributed by atoms with E-state index in [-0.39, 0.29) is 18.0 Å². The largest absolute Gasteiger partial charge is 0.467 e. The predicted molar refractivity (Wildman–Crippen MR) is 145 cm³/mol. The van der Waals surface area contributed by atoms with Gasteiger partial charge in [-0.3, -0.25) is 14.2 Å². The Bertz CT molecular complexity index is 1630. The second kappa shape index (κ2) is 9.90. The van der Waals surface area contributed by atoms with Gasteiger partial charge in [-0.2, -0.15) is 0 Å². The number of rotatable bonds is 6. The number of furan rings is 1. The van der Waals surface area contributed by atoms with Gasteiger partial charge in [0.1, 0.15) is 11.6 Å². The van der Waals surface area contributed by atoms with Crippen LogP contribution in [0.1, 0.15) is 51.6 Å². The lowest BCUT2D eigenvalue weighted by Gasteiger charge is -2.30. The summed E-state index contributed by atoms with van der Waals surface area (Å²) in [4.78, 5) is 34.4. The quantitative estimate of drug-likeness (QED) is 0.279. The lowest BCUT2D eigenvalue weighted by molar-refractivity contribution is 0.0648. The highest BCUT2D eigenvalue weighted by atomic mass is 16.3. The molecular weight excluding hydrogens is 462 g/mol. The van der Waals surface area contributed by atoms with E-state index in [1.165, 1.54) is 0 Å². The number of benzene rings is 3. The zero-order chi connectivity index (χ0) is 26.1. The monoisotopic (exact) mass is 491 g/mol. The van der Waals surface area contributed by atoms with Gasteiger partial charge in [-0.25, -0.2) is 4.98 Å². The van der Waals surface area contributed by atoms with Crippen molar-refractivity contribution in [3.05, 3.63) is 129 Å². The second-order valence-electron chi connectivity index (χ2n) is 9.45. The topological polar surface area (TPSA) is 68.3 Å². The minimum Gasteiger partial charge on any atom is -0.467 e. The fourth-order valence-corrected chi connectivity index (χ4v) is 4.50. The van der Waals surface area contributed by atoms with Gasteiger partial charge in [-0.1, -0.05) is 35.9 Å². The molecule has 0 spiro atoms. The molecule has 3 aromatic carbocycles. The summed E-state index contributed by atoms with van der Waals surface area (Å²) in [6.07, 6.45) is 1.59. The molecule has 2 aromatic heterocycles. The van der Waals surface area contributed by atoms with E-state index in [1.807, 2.05) is 94.4 Å². The normalized spacial score (nSPS) is 12.0. The lowest BCUT2D eigenvalue weighted by atomic mass is 10.1. The van der Waals surface area contributed by atoms with Gasteiger partial charge in [0.2, 0.25) is 0 Å². The van der Waals surface area contributed by atoms with Crippen LogP contribution in [0.4, 0.5) is 0 Å². The summed E-state index contributed by atoms with van der Waals surface area (Å²) in [5, 5.41) is 0.527. The molecule has 0 aliphatic heterocycles. The number of fused-ring (bicyclic) bond motifs is 1. The van der Waals surface area contributed by atoms with Crippen molar-refractivity contribution < 1.29 is 9.21 Å². The first-order valence-electron chi connectivity index (χ1n) is 12.3. The number of carbonyl (C=O) groups is 1. The molecule has 0 fully saturated rings. The van der Waals surface area contributed by atoms with E-state index in [9.17, 15) is 9.59 Å². The number of nitrogens with zero attached hydrogens (tertiary/aromatic N) is 3. The maximum Gasteiger partial charge on any atom is 0.266 e. The first-order valence-corrected chi connectivity index (χ1v) is 12.3. The van der Waals surface area contributed by atoms with Gasteiger partial charge in [0.25, 0.3) is 11.5 Å². The third-order valence-corrected chi connectivity index (χ3v) is 6.86. The Hall–Kier alpha value is -4.45. The second-order valence-corrected chi connectivity index (χ2v) is 9.45. The van der Waals surface area contributed by atoms with Gasteiger partial charge in [0, 0.05) is 5.56 Å². The van der Waals surface area contributed by atoms with Crippen molar-refractivity contribution in [3.8, 4) is 5.69 Å². The van der Waals surface area contributed by atoms with E-state index in [4.69, 9.17) is 9.40 Å². The third kappa shape index (κ3) is 4.70. The molecule has 0 saturated heterocycles. The summed E-state index contributed by atoms with van der Waals surface area (Å²) >= 11 is 0. The van der Waals surface area contributed by atoms with E-state index >= 15 is 0 Å². The Kier molecular flexibility index (Phi) is 6.49. The zero-order valence-corrected chi connectivity index (χ0v) is 21.4. The van der Waals surface area contributed by atoms with Crippen LogP contribution in [0.15, 0.2) is 94.3 Å². The van der Waals surface area contributed by atoms with Crippen LogP contribution in [0.3, 0.4) is 0 Å². The van der Waals surface area contributed by atoms with Crippen molar-refractivity contribution in [3.63, 3.8) is 0 Å². The number of carbonyl (C=O) groups excluding carboxylic acids is 1. The average Bonchev–Trinajstić information content (AvgIpc) is 3.42. The third-order valence-electron chi connectivity index (χ3n) is 6.86. The van der Waals surface area contributed by atoms with Crippen molar-refractivity contribution in [1.29, 1.82) is 0 Å². The van der Waals surface area contributed by atoms with Crippen molar-refractivity contribution in [2.75, 3.05) is 0 Å². The van der Waals surface area contributed by atoms with E-state index in [1.54, 1.807) is 27.9 Å². The highest BCUT2D eigenvalue weighted by Crippen LogP contribution is 2.27. The van der Waals surface area contributed by atoms with Crippen LogP contribution in [0, 0.1) is 20.8 Å². The molecule has 1 unspecified atom stereocenters. The van der Waals surface area contributed by atoms with Crippen LogP contribution in [-0.2, 0) is 6.54 Å². The van der Waals surface area contributed by atoms with Crippen LogP contribution < -0.4 is 5.56 Å². The molecule has 5 rings (SSSR count). The van der Waals surface area contributed by atoms with Crippen LogP contribution in [0.25, 0.3) is 16.6 Å². The summed E-state index contributed by atoms with van der Waals surface area (Å²) in [6, 6.07) is 23.8. The maximum absolute atomic E-state index is 13.9. The molecule has 5 aromatic rings. The molecule has 0 N–H and O–H groups in total. The lowest BCUT2D eigenvalue weighted by Crippen LogP contribution is -2.37. The molecule has 6 heteroatoms. The highest BCUT2D eigenvalue weighted by Gasteiger charge is 2.28. The summed E-state index contributed by atoms with van der Waals surface area (Å²) in [5.41, 5.74) is 4.97. The summed E-state index contributed by atoms with van der Waals surface area (Å²) in [5.74, 6) is 0.963. The van der Waals surface area contributed by atoms with Crippen molar-refractivity contribution in [2.24, 2.45) is 0 Å². The van der Waals surface area contributed by atoms with Gasteiger partial charge >= 0.3 is 0 Å². The van der Waals surface area contributed by atoms with Crippen LogP contribution >= 0.6 is 0 Å². The molecular formula is C31H29N3O3. The number of para-hydroxylation sites is 1. The minimum absolute atomic E-state index is 0.169. The number of hydrogen-bond donors (Lipinski definition) is 0. The van der Waals surface area contributed by atoms with Crippen molar-refractivity contribution in [2.45, 2.75) is 40.3 Å². The molecule has 1 amide bonds. The molecule has 0 radical (unpaired) electrons. The van der Waals surface area contributed by atoms with E-state index in [0.29, 0.717) is 33.7 Å². The van der Waals surface area contributed by atoms with Crippen molar-refractivity contribution >= 4 is 16.8 Å². The Morgan fingerprint density at radius 2 is 1.70 bits per heavy atom. The summed E-state index contributed by atoms with van der Waals surface area (Å²) in [7, 11) is 0. The van der Waals surface area contributed by atoms with Gasteiger partial charge < -0.3 is 9.32 Å². The van der Waals surface area contributed by atoms with Gasteiger partial charge in [-0.15, -0.1) is 0 Å². The average molecular weight is 492 g/mol. The number of hydrogen-bond acceptors (Lipinski definition) is 4. The van der Waals surface area contributed by atoms with Gasteiger partial charge in [0.15, 0.2) is 0 Å². The predicted octanol–water partition coefficient (Wildman–Crippen LogP) is 6.31. The molecule has 0 aliphatic rings. The van der Waals surface area contributed by atoms with E-state index in [0.717, 1.165) is 16.7 Å². The Morgan fingerprint density at radius 1 is 0.946 bits per heavy atom. The Labute approximate surface area is 215 Å². The Morgan fingerprint density at radius 3 is 2.41 bits per heavy atom. The maximum atomic E-state index is 13.9. The standard InChI is InChI=1S/C31H29N3O3/c1-20-11-14-24(15-12-20)30(35)33(19-26-8-7-17-37-26)23(4)29-32-28-10-6-5-9-27(28)31(36)34(29)25-16-13-21(2)22(3)18-25/h5-18,23H,19H2,1-4H3. The highest BCUT2D eigenvalue weighted by molar-refractivity contribution is 5.94. The number of amides is 1. The van der Waals surface area contributed by atoms with Crippen LogP contribution in [-0.4, -0.2) is 20.4 Å². The fourth-order valence-electron chi connectivity index (χ4n) is 4.50. The molecule has 37 heavy (non-hydrogen) atoms. The molecule has 2 heterocycles. The summed E-state index contributed by atoms with van der Waals surface area (Å²) < 4.78 is 7.25. The smallest absolute Gasteiger partial charge is 0.266 e. The number of aryl methyl sites for hydroxylation is 3. The first kappa shape index (κ1) is 24.3.